The SMILES string of the molecule is CC(NCC1CCC2(CCCCC2)O1)c1ccccc1Cl. The topological polar surface area (TPSA) is 21.3 Å². The monoisotopic (exact) mass is 307 g/mol. The van der Waals surface area contributed by atoms with Crippen LogP contribution in [0.15, 0.2) is 24.3 Å². The highest BCUT2D eigenvalue weighted by molar-refractivity contribution is 6.31. The molecule has 1 heterocycles. The van der Waals surface area contributed by atoms with Crippen LogP contribution in [0.1, 0.15) is 63.5 Å². The number of hydrogen-bond acceptors (Lipinski definition) is 2. The van der Waals surface area contributed by atoms with E-state index in [9.17, 15) is 0 Å². The summed E-state index contributed by atoms with van der Waals surface area (Å²) in [6.45, 7) is 3.10. The maximum absolute atomic E-state index is 6.41. The first-order valence-corrected chi connectivity index (χ1v) is 8.72. The molecule has 116 valence electrons. The molecule has 1 spiro atoms. The number of hydrogen-bond donors (Lipinski definition) is 1. The maximum atomic E-state index is 6.41. The fourth-order valence-corrected chi connectivity index (χ4v) is 4.15. The van der Waals surface area contributed by atoms with E-state index in [1.807, 2.05) is 18.2 Å². The van der Waals surface area contributed by atoms with Gasteiger partial charge in [0.15, 0.2) is 0 Å². The zero-order chi connectivity index (χ0) is 14.7. The summed E-state index contributed by atoms with van der Waals surface area (Å²) in [5.41, 5.74) is 1.39. The number of rotatable bonds is 4. The summed E-state index contributed by atoms with van der Waals surface area (Å²) in [6, 6.07) is 8.34. The summed E-state index contributed by atoms with van der Waals surface area (Å²) in [7, 11) is 0. The van der Waals surface area contributed by atoms with E-state index in [1.165, 1.54) is 50.5 Å². The smallest absolute Gasteiger partial charge is 0.0708 e. The maximum Gasteiger partial charge on any atom is 0.0708 e. The Hall–Kier alpha value is -0.570. The summed E-state index contributed by atoms with van der Waals surface area (Å²) < 4.78 is 6.41. The summed E-state index contributed by atoms with van der Waals surface area (Å²) in [5.74, 6) is 0. The van der Waals surface area contributed by atoms with Crippen molar-refractivity contribution in [2.45, 2.75) is 69.6 Å². The van der Waals surface area contributed by atoms with Crippen LogP contribution in [0, 0.1) is 0 Å². The van der Waals surface area contributed by atoms with Crippen LogP contribution >= 0.6 is 11.6 Å². The minimum atomic E-state index is 0.220. The summed E-state index contributed by atoms with van der Waals surface area (Å²) in [5, 5.41) is 4.44. The van der Waals surface area contributed by atoms with Crippen molar-refractivity contribution in [3.8, 4) is 0 Å². The highest BCUT2D eigenvalue weighted by atomic mass is 35.5. The minimum Gasteiger partial charge on any atom is -0.370 e. The first kappa shape index (κ1) is 15.3. The van der Waals surface area contributed by atoms with Gasteiger partial charge < -0.3 is 10.1 Å². The van der Waals surface area contributed by atoms with Gasteiger partial charge in [-0.05, 0) is 44.2 Å². The fourth-order valence-electron chi connectivity index (χ4n) is 3.85. The molecule has 0 amide bonds. The van der Waals surface area contributed by atoms with E-state index in [0.717, 1.165) is 11.6 Å². The highest BCUT2D eigenvalue weighted by Gasteiger charge is 2.40. The lowest BCUT2D eigenvalue weighted by Gasteiger charge is -2.33. The van der Waals surface area contributed by atoms with Crippen LogP contribution in [0.25, 0.3) is 0 Å². The molecular formula is C18H26ClNO. The lowest BCUT2D eigenvalue weighted by Crippen LogP contribution is -2.35. The van der Waals surface area contributed by atoms with Gasteiger partial charge in [0.1, 0.15) is 0 Å². The van der Waals surface area contributed by atoms with Crippen LogP contribution in [0.5, 0.6) is 0 Å². The van der Waals surface area contributed by atoms with Gasteiger partial charge in [-0.2, -0.15) is 0 Å². The fraction of sp³-hybridized carbons (Fsp3) is 0.667. The molecule has 3 rings (SSSR count). The van der Waals surface area contributed by atoms with Gasteiger partial charge in [0.2, 0.25) is 0 Å². The van der Waals surface area contributed by atoms with Crippen LogP contribution in [0.3, 0.4) is 0 Å². The molecule has 0 radical (unpaired) electrons. The Balaban J connectivity index is 1.51. The standard InChI is InChI=1S/C18H26ClNO/c1-14(16-7-3-4-8-17(16)19)20-13-15-9-12-18(21-15)10-5-2-6-11-18/h3-4,7-8,14-15,20H,2,5-6,9-13H2,1H3. The van der Waals surface area contributed by atoms with E-state index < -0.39 is 0 Å². The van der Waals surface area contributed by atoms with Crippen molar-refractivity contribution in [2.75, 3.05) is 6.54 Å². The van der Waals surface area contributed by atoms with E-state index in [4.69, 9.17) is 16.3 Å². The molecule has 1 aromatic carbocycles. The second kappa shape index (κ2) is 6.68. The van der Waals surface area contributed by atoms with Crippen molar-refractivity contribution in [3.63, 3.8) is 0 Å². The molecule has 1 saturated carbocycles. The number of ether oxygens (including phenoxy) is 1. The van der Waals surface area contributed by atoms with Crippen LogP contribution < -0.4 is 5.32 Å². The molecular weight excluding hydrogens is 282 g/mol. The van der Waals surface area contributed by atoms with E-state index >= 15 is 0 Å². The first-order valence-electron chi connectivity index (χ1n) is 8.34. The van der Waals surface area contributed by atoms with Crippen LogP contribution in [0.2, 0.25) is 5.02 Å². The molecule has 0 bridgehead atoms. The van der Waals surface area contributed by atoms with Gasteiger partial charge in [0.25, 0.3) is 0 Å². The van der Waals surface area contributed by atoms with Gasteiger partial charge in [0.05, 0.1) is 11.7 Å². The summed E-state index contributed by atoms with van der Waals surface area (Å²) in [6.07, 6.45) is 9.42. The van der Waals surface area contributed by atoms with Crippen molar-refractivity contribution in [1.29, 1.82) is 0 Å². The minimum absolute atomic E-state index is 0.220. The molecule has 2 aliphatic rings. The molecule has 2 nitrogen and oxygen atoms in total. The van der Waals surface area contributed by atoms with Gasteiger partial charge in [-0.1, -0.05) is 49.1 Å². The van der Waals surface area contributed by atoms with E-state index in [-0.39, 0.29) is 11.6 Å². The molecule has 1 aromatic rings. The van der Waals surface area contributed by atoms with Crippen molar-refractivity contribution in [1.82, 2.24) is 5.32 Å². The van der Waals surface area contributed by atoms with Gasteiger partial charge in [-0.15, -0.1) is 0 Å². The Kier molecular flexibility index (Phi) is 4.88. The molecule has 2 atom stereocenters. The number of nitrogens with one attached hydrogen (secondary N) is 1. The third kappa shape index (κ3) is 3.61. The first-order chi connectivity index (χ1) is 10.2. The molecule has 3 heteroatoms. The summed E-state index contributed by atoms with van der Waals surface area (Å²) in [4.78, 5) is 0. The average molecular weight is 308 g/mol. The average Bonchev–Trinajstić information content (AvgIpc) is 2.89. The molecule has 1 saturated heterocycles. The van der Waals surface area contributed by atoms with Crippen LogP contribution in [0.4, 0.5) is 0 Å². The second-order valence-electron chi connectivity index (χ2n) is 6.67. The molecule has 0 aromatic heterocycles. The second-order valence-corrected chi connectivity index (χ2v) is 7.08. The quantitative estimate of drug-likeness (QED) is 0.856. The molecule has 21 heavy (non-hydrogen) atoms. The van der Waals surface area contributed by atoms with Crippen molar-refractivity contribution in [2.24, 2.45) is 0 Å². The van der Waals surface area contributed by atoms with Crippen molar-refractivity contribution >= 4 is 11.6 Å². The Morgan fingerprint density at radius 3 is 2.76 bits per heavy atom. The van der Waals surface area contributed by atoms with Gasteiger partial charge in [0, 0.05) is 17.6 Å². The van der Waals surface area contributed by atoms with E-state index in [1.54, 1.807) is 0 Å². The molecule has 2 fully saturated rings. The zero-order valence-electron chi connectivity index (χ0n) is 12.9. The third-order valence-corrected chi connectivity index (χ3v) is 5.47. The normalized spacial score (nSPS) is 26.1. The van der Waals surface area contributed by atoms with Crippen LogP contribution in [-0.4, -0.2) is 18.2 Å². The number of halogens is 1. The third-order valence-electron chi connectivity index (χ3n) is 5.13. The van der Waals surface area contributed by atoms with Crippen molar-refractivity contribution in [3.05, 3.63) is 34.9 Å². The molecule has 1 N–H and O–H groups in total. The van der Waals surface area contributed by atoms with Gasteiger partial charge in [-0.25, -0.2) is 0 Å². The predicted octanol–water partition coefficient (Wildman–Crippen LogP) is 4.87. The Morgan fingerprint density at radius 2 is 2.00 bits per heavy atom. The highest BCUT2D eigenvalue weighted by Crippen LogP contribution is 2.41. The predicted molar refractivity (Wildman–Crippen MR) is 87.8 cm³/mol. The van der Waals surface area contributed by atoms with Crippen molar-refractivity contribution < 1.29 is 4.74 Å². The molecule has 2 unspecified atom stereocenters. The molecule has 1 aliphatic carbocycles. The lowest BCUT2D eigenvalue weighted by molar-refractivity contribution is -0.0628. The summed E-state index contributed by atoms with van der Waals surface area (Å²) >= 11 is 6.26. The number of benzene rings is 1. The zero-order valence-corrected chi connectivity index (χ0v) is 13.7. The Bertz CT molecular complexity index is 470. The van der Waals surface area contributed by atoms with E-state index in [2.05, 4.69) is 18.3 Å². The van der Waals surface area contributed by atoms with Gasteiger partial charge >= 0.3 is 0 Å². The lowest BCUT2D eigenvalue weighted by atomic mass is 9.83. The van der Waals surface area contributed by atoms with Crippen LogP contribution in [-0.2, 0) is 4.74 Å². The molecule has 1 aliphatic heterocycles. The Morgan fingerprint density at radius 1 is 1.24 bits per heavy atom. The Labute approximate surface area is 133 Å². The largest absolute Gasteiger partial charge is 0.370 e. The van der Waals surface area contributed by atoms with Gasteiger partial charge in [-0.3, -0.25) is 0 Å². The van der Waals surface area contributed by atoms with E-state index in [0.29, 0.717) is 6.10 Å².